The zero-order valence-electron chi connectivity index (χ0n) is 9.97. The molecule has 0 aliphatic heterocycles. The number of carboxylic acids is 2. The molecule has 0 heterocycles. The zero-order valence-corrected chi connectivity index (χ0v) is 9.97. The van der Waals surface area contributed by atoms with Gasteiger partial charge in [-0.15, -0.1) is 0 Å². The molecule has 1 aromatic carbocycles. The molecule has 0 aliphatic carbocycles. The van der Waals surface area contributed by atoms with E-state index in [1.165, 1.54) is 32.4 Å². The summed E-state index contributed by atoms with van der Waals surface area (Å²) in [5.41, 5.74) is 0.261. The summed E-state index contributed by atoms with van der Waals surface area (Å²) in [5.74, 6) is -3.48. The molecule has 0 bridgehead atoms. The van der Waals surface area contributed by atoms with Crippen LogP contribution in [0, 0.1) is 0 Å². The van der Waals surface area contributed by atoms with Gasteiger partial charge in [0.05, 0.1) is 14.2 Å². The van der Waals surface area contributed by atoms with Gasteiger partial charge in [-0.05, 0) is 24.1 Å². The van der Waals surface area contributed by atoms with E-state index in [9.17, 15) is 19.8 Å². The van der Waals surface area contributed by atoms with Crippen LogP contribution in [0.15, 0.2) is 18.2 Å². The molecule has 18 heavy (non-hydrogen) atoms. The maximum Gasteiger partial charge on any atom is 0.161 e. The van der Waals surface area contributed by atoms with Gasteiger partial charge in [-0.3, -0.25) is 0 Å². The second kappa shape index (κ2) is 5.90. The van der Waals surface area contributed by atoms with Crippen molar-refractivity contribution in [1.29, 1.82) is 0 Å². The van der Waals surface area contributed by atoms with Gasteiger partial charge >= 0.3 is 0 Å². The maximum atomic E-state index is 10.9. The fraction of sp³-hybridized carbons (Fsp3) is 0.333. The summed E-state index contributed by atoms with van der Waals surface area (Å²) in [6.07, 6.45) is -0.655. The average molecular weight is 252 g/mol. The molecule has 0 saturated carbocycles. The number of carboxylic acid groups (broad SMARTS) is 2. The van der Waals surface area contributed by atoms with Crippen molar-refractivity contribution in [2.75, 3.05) is 14.2 Å². The van der Waals surface area contributed by atoms with Crippen LogP contribution in [-0.2, 0) is 9.59 Å². The monoisotopic (exact) mass is 252 g/mol. The summed E-state index contributed by atoms with van der Waals surface area (Å²) in [6, 6.07) is 4.35. The number of rotatable bonds is 6. The lowest BCUT2D eigenvalue weighted by atomic mass is 9.95. The van der Waals surface area contributed by atoms with E-state index in [-0.39, 0.29) is 5.56 Å². The van der Waals surface area contributed by atoms with Crippen LogP contribution in [0.1, 0.15) is 17.9 Å². The fourth-order valence-corrected chi connectivity index (χ4v) is 1.57. The Morgan fingerprint density at radius 1 is 1.17 bits per heavy atom. The highest BCUT2D eigenvalue weighted by molar-refractivity contribution is 5.80. The van der Waals surface area contributed by atoms with Crippen molar-refractivity contribution in [2.24, 2.45) is 0 Å². The summed E-state index contributed by atoms with van der Waals surface area (Å²) in [4.78, 5) is 21.4. The number of carbonyl (C=O) groups excluding carboxylic acids is 2. The Bertz CT molecular complexity index is 454. The lowest BCUT2D eigenvalue weighted by molar-refractivity contribution is -0.317. The number of methoxy groups -OCH3 is 2. The third-order valence-electron chi connectivity index (χ3n) is 2.47. The van der Waals surface area contributed by atoms with Crippen molar-refractivity contribution in [2.45, 2.75) is 12.3 Å². The van der Waals surface area contributed by atoms with Crippen LogP contribution in [0.3, 0.4) is 0 Å². The van der Waals surface area contributed by atoms with Gasteiger partial charge in [-0.25, -0.2) is 0 Å². The SMILES string of the molecule is COc1ccc([C@H](CC(=O)[O-])C(=O)[O-])cc1OC. The van der Waals surface area contributed by atoms with E-state index in [2.05, 4.69) is 0 Å². The fourth-order valence-electron chi connectivity index (χ4n) is 1.57. The topological polar surface area (TPSA) is 98.7 Å². The molecule has 1 aromatic rings. The van der Waals surface area contributed by atoms with Crippen molar-refractivity contribution in [3.8, 4) is 11.5 Å². The Kier molecular flexibility index (Phi) is 4.53. The molecule has 0 amide bonds. The third-order valence-corrected chi connectivity index (χ3v) is 2.47. The molecule has 6 heteroatoms. The molecule has 0 fully saturated rings. The first-order valence-corrected chi connectivity index (χ1v) is 5.12. The summed E-state index contributed by atoms with van der Waals surface area (Å²) in [6.45, 7) is 0. The predicted molar refractivity (Wildman–Crippen MR) is 56.9 cm³/mol. The van der Waals surface area contributed by atoms with Gasteiger partial charge in [0.2, 0.25) is 0 Å². The van der Waals surface area contributed by atoms with Crippen LogP contribution in [0.4, 0.5) is 0 Å². The Labute approximate surface area is 104 Å². The Morgan fingerprint density at radius 3 is 2.22 bits per heavy atom. The number of aliphatic carboxylic acids is 2. The number of hydrogen-bond acceptors (Lipinski definition) is 6. The lowest BCUT2D eigenvalue weighted by Gasteiger charge is -2.20. The van der Waals surface area contributed by atoms with Crippen molar-refractivity contribution < 1.29 is 29.3 Å². The van der Waals surface area contributed by atoms with E-state index in [4.69, 9.17) is 9.47 Å². The standard InChI is InChI=1S/C12H14O6/c1-17-9-4-3-7(5-10(9)18-2)8(12(15)16)6-11(13)14/h3-5,8H,6H2,1-2H3,(H,13,14)(H,15,16)/p-2/t8-/m0/s1. The quantitative estimate of drug-likeness (QED) is 0.622. The minimum Gasteiger partial charge on any atom is -0.550 e. The van der Waals surface area contributed by atoms with Crippen LogP contribution >= 0.6 is 0 Å². The van der Waals surface area contributed by atoms with Gasteiger partial charge in [0.1, 0.15) is 0 Å². The Hall–Kier alpha value is -2.24. The molecular weight excluding hydrogens is 240 g/mol. The number of ether oxygens (including phenoxy) is 2. The van der Waals surface area contributed by atoms with E-state index in [1.807, 2.05) is 0 Å². The van der Waals surface area contributed by atoms with E-state index < -0.39 is 24.3 Å². The Morgan fingerprint density at radius 2 is 1.78 bits per heavy atom. The first kappa shape index (κ1) is 13.8. The van der Waals surface area contributed by atoms with Gasteiger partial charge in [-0.1, -0.05) is 6.07 Å². The van der Waals surface area contributed by atoms with E-state index in [0.29, 0.717) is 11.5 Å². The Balaban J connectivity index is 3.13. The normalized spacial score (nSPS) is 11.7. The van der Waals surface area contributed by atoms with Gasteiger partial charge in [0.25, 0.3) is 0 Å². The summed E-state index contributed by atoms with van der Waals surface area (Å²) in [7, 11) is 2.84. The molecule has 0 unspecified atom stereocenters. The highest BCUT2D eigenvalue weighted by Crippen LogP contribution is 2.31. The smallest absolute Gasteiger partial charge is 0.161 e. The van der Waals surface area contributed by atoms with Gasteiger partial charge in [-0.2, -0.15) is 0 Å². The van der Waals surface area contributed by atoms with E-state index in [1.54, 1.807) is 0 Å². The number of carbonyl (C=O) groups is 2. The molecule has 0 radical (unpaired) electrons. The first-order chi connectivity index (χ1) is 8.49. The van der Waals surface area contributed by atoms with Crippen LogP contribution in [-0.4, -0.2) is 26.2 Å². The molecule has 0 aromatic heterocycles. The van der Waals surface area contributed by atoms with E-state index >= 15 is 0 Å². The molecule has 1 atom stereocenters. The van der Waals surface area contributed by atoms with Gasteiger partial charge < -0.3 is 29.3 Å². The van der Waals surface area contributed by atoms with Gasteiger partial charge in [0, 0.05) is 17.9 Å². The highest BCUT2D eigenvalue weighted by atomic mass is 16.5. The second-order valence-electron chi connectivity index (χ2n) is 3.56. The average Bonchev–Trinajstić information content (AvgIpc) is 2.34. The predicted octanol–water partition coefficient (Wildman–Crippen LogP) is -1.32. The van der Waals surface area contributed by atoms with Gasteiger partial charge in [0.15, 0.2) is 11.5 Å². The minimum atomic E-state index is -1.48. The zero-order chi connectivity index (χ0) is 13.7. The van der Waals surface area contributed by atoms with Crippen LogP contribution in [0.25, 0.3) is 0 Å². The van der Waals surface area contributed by atoms with Crippen molar-refractivity contribution in [3.63, 3.8) is 0 Å². The lowest BCUT2D eigenvalue weighted by Crippen LogP contribution is -2.34. The van der Waals surface area contributed by atoms with Crippen molar-refractivity contribution in [3.05, 3.63) is 23.8 Å². The minimum absolute atomic E-state index is 0.261. The van der Waals surface area contributed by atoms with Crippen LogP contribution < -0.4 is 19.7 Å². The van der Waals surface area contributed by atoms with Crippen LogP contribution in [0.5, 0.6) is 11.5 Å². The highest BCUT2D eigenvalue weighted by Gasteiger charge is 2.15. The van der Waals surface area contributed by atoms with Crippen LogP contribution in [0.2, 0.25) is 0 Å². The van der Waals surface area contributed by atoms with E-state index in [0.717, 1.165) is 0 Å². The molecule has 0 spiro atoms. The van der Waals surface area contributed by atoms with Crippen molar-refractivity contribution >= 4 is 11.9 Å². The number of hydrogen-bond donors (Lipinski definition) is 0. The number of benzene rings is 1. The molecular formula is C12H12O6-2. The summed E-state index contributed by atoms with van der Waals surface area (Å²) >= 11 is 0. The summed E-state index contributed by atoms with van der Waals surface area (Å²) < 4.78 is 10.0. The molecule has 0 aliphatic rings. The van der Waals surface area contributed by atoms with Crippen molar-refractivity contribution in [1.82, 2.24) is 0 Å². The molecule has 98 valence electrons. The summed E-state index contributed by atoms with van der Waals surface area (Å²) in [5, 5.41) is 21.4. The second-order valence-corrected chi connectivity index (χ2v) is 3.56. The molecule has 0 saturated heterocycles. The largest absolute Gasteiger partial charge is 0.550 e. The third kappa shape index (κ3) is 3.13. The molecule has 6 nitrogen and oxygen atoms in total. The molecule has 1 rings (SSSR count). The maximum absolute atomic E-state index is 10.9. The first-order valence-electron chi connectivity index (χ1n) is 5.12. The molecule has 0 N–H and O–H groups in total.